The molecule has 12 nitrogen and oxygen atoms in total. The van der Waals surface area contributed by atoms with Crippen LogP contribution in [0, 0.1) is 25.2 Å². The number of rotatable bonds is 6. The van der Waals surface area contributed by atoms with Crippen molar-refractivity contribution in [2.24, 2.45) is 0 Å². The van der Waals surface area contributed by atoms with Crippen molar-refractivity contribution < 1.29 is 9.59 Å². The highest BCUT2D eigenvalue weighted by atomic mass is 35.5. The molecule has 0 saturated heterocycles. The third-order valence-electron chi connectivity index (χ3n) is 4.96. The number of nitrogens with one attached hydrogen (secondary N) is 2. The van der Waals surface area contributed by atoms with E-state index in [1.165, 1.54) is 22.6 Å². The number of aromatic nitrogens is 7. The molecule has 0 fully saturated rings. The minimum Gasteiger partial charge on any atom is -0.355 e. The minimum atomic E-state index is -0.569. The van der Waals surface area contributed by atoms with E-state index in [1.807, 2.05) is 6.07 Å². The first-order valence-corrected chi connectivity index (χ1v) is 10.7. The summed E-state index contributed by atoms with van der Waals surface area (Å²) in [6, 6.07) is 9.86. The second-order valence-electron chi connectivity index (χ2n) is 7.47. The van der Waals surface area contributed by atoms with Crippen LogP contribution >= 0.6 is 11.6 Å². The molecule has 3 aromatic heterocycles. The van der Waals surface area contributed by atoms with E-state index in [9.17, 15) is 14.9 Å². The fourth-order valence-electron chi connectivity index (χ4n) is 3.47. The summed E-state index contributed by atoms with van der Waals surface area (Å²) in [5.74, 6) is -0.00987. The Balaban J connectivity index is 1.77. The Labute approximate surface area is 204 Å². The topological polar surface area (TPSA) is 156 Å². The van der Waals surface area contributed by atoms with Gasteiger partial charge in [-0.3, -0.25) is 9.59 Å². The maximum absolute atomic E-state index is 13.4. The number of hydrogen-bond acceptors (Lipinski definition) is 8. The number of halogens is 1. The summed E-state index contributed by atoms with van der Waals surface area (Å²) >= 11 is 6.34. The van der Waals surface area contributed by atoms with Gasteiger partial charge in [0.05, 0.1) is 33.5 Å². The molecule has 0 aliphatic heterocycles. The SMILES string of the molecule is CNC(=O)c1cc(C#N)cc(C)c1C(=O)Nc1cc(Cn2nnc(C)n2)nn1-c1ncccc1Cl. The quantitative estimate of drug-likeness (QED) is 0.415. The molecule has 0 aliphatic carbocycles. The lowest BCUT2D eigenvalue weighted by atomic mass is 9.97. The monoisotopic (exact) mass is 490 g/mol. The van der Waals surface area contributed by atoms with Gasteiger partial charge >= 0.3 is 0 Å². The van der Waals surface area contributed by atoms with Crippen molar-refractivity contribution in [3.63, 3.8) is 0 Å². The smallest absolute Gasteiger partial charge is 0.257 e. The predicted molar refractivity (Wildman–Crippen MR) is 125 cm³/mol. The highest BCUT2D eigenvalue weighted by molar-refractivity contribution is 6.32. The molecule has 0 aliphatic rings. The van der Waals surface area contributed by atoms with Gasteiger partial charge in [0.2, 0.25) is 0 Å². The Hall–Kier alpha value is -4.63. The van der Waals surface area contributed by atoms with Crippen LogP contribution in [0.5, 0.6) is 0 Å². The molecule has 0 bridgehead atoms. The van der Waals surface area contributed by atoms with E-state index in [0.717, 1.165) is 0 Å². The van der Waals surface area contributed by atoms with Crippen LogP contribution < -0.4 is 10.6 Å². The molecule has 35 heavy (non-hydrogen) atoms. The first-order valence-electron chi connectivity index (χ1n) is 10.3. The van der Waals surface area contributed by atoms with Crippen LogP contribution in [0.15, 0.2) is 36.5 Å². The molecule has 4 rings (SSSR count). The number of tetrazole rings is 1. The first kappa shape index (κ1) is 23.5. The van der Waals surface area contributed by atoms with Crippen molar-refractivity contribution in [3.8, 4) is 11.9 Å². The molecular weight excluding hydrogens is 472 g/mol. The summed E-state index contributed by atoms with van der Waals surface area (Å²) < 4.78 is 1.39. The van der Waals surface area contributed by atoms with Gasteiger partial charge in [0.1, 0.15) is 12.4 Å². The highest BCUT2D eigenvalue weighted by Crippen LogP contribution is 2.24. The number of anilines is 1. The summed E-state index contributed by atoms with van der Waals surface area (Å²) in [4.78, 5) is 31.5. The third-order valence-corrected chi connectivity index (χ3v) is 5.26. The van der Waals surface area contributed by atoms with Crippen LogP contribution in [0.2, 0.25) is 5.02 Å². The van der Waals surface area contributed by atoms with Crippen molar-refractivity contribution in [3.05, 3.63) is 75.3 Å². The third kappa shape index (κ3) is 4.85. The van der Waals surface area contributed by atoms with Gasteiger partial charge in [0, 0.05) is 19.3 Å². The summed E-state index contributed by atoms with van der Waals surface area (Å²) in [7, 11) is 1.45. The van der Waals surface area contributed by atoms with Gasteiger partial charge < -0.3 is 10.6 Å². The minimum absolute atomic E-state index is 0.0750. The van der Waals surface area contributed by atoms with Gasteiger partial charge in [0.15, 0.2) is 11.6 Å². The molecule has 2 N–H and O–H groups in total. The number of hydrogen-bond donors (Lipinski definition) is 2. The Bertz CT molecular complexity index is 1480. The Kier molecular flexibility index (Phi) is 6.52. The highest BCUT2D eigenvalue weighted by Gasteiger charge is 2.23. The average Bonchev–Trinajstić information content (AvgIpc) is 3.43. The molecule has 0 spiro atoms. The number of nitriles is 1. The number of carbonyl (C=O) groups excluding carboxylic acids is 2. The first-order chi connectivity index (χ1) is 16.8. The maximum atomic E-state index is 13.4. The van der Waals surface area contributed by atoms with Gasteiger partial charge in [-0.05, 0) is 48.9 Å². The summed E-state index contributed by atoms with van der Waals surface area (Å²) in [5, 5.41) is 31.4. The molecular formula is C22H19ClN10O2. The lowest BCUT2D eigenvalue weighted by molar-refractivity contribution is 0.0948. The van der Waals surface area contributed by atoms with Crippen LogP contribution in [-0.4, -0.2) is 53.8 Å². The van der Waals surface area contributed by atoms with Crippen molar-refractivity contribution in [1.29, 1.82) is 5.26 Å². The van der Waals surface area contributed by atoms with Gasteiger partial charge in [-0.25, -0.2) is 4.98 Å². The molecule has 0 radical (unpaired) electrons. The second-order valence-corrected chi connectivity index (χ2v) is 7.88. The van der Waals surface area contributed by atoms with Crippen molar-refractivity contribution in [1.82, 2.24) is 40.3 Å². The predicted octanol–water partition coefficient (Wildman–Crippen LogP) is 2.06. The lowest BCUT2D eigenvalue weighted by Crippen LogP contribution is -2.25. The van der Waals surface area contributed by atoms with Crippen LogP contribution in [-0.2, 0) is 6.54 Å². The van der Waals surface area contributed by atoms with E-state index in [2.05, 4.69) is 36.1 Å². The number of aryl methyl sites for hydroxylation is 2. The zero-order valence-electron chi connectivity index (χ0n) is 18.9. The molecule has 176 valence electrons. The van der Waals surface area contributed by atoms with Crippen LogP contribution in [0.3, 0.4) is 0 Å². The second kappa shape index (κ2) is 9.70. The molecule has 0 unspecified atom stereocenters. The number of nitrogens with zero attached hydrogens (tertiary/aromatic N) is 8. The summed E-state index contributed by atoms with van der Waals surface area (Å²) in [6.45, 7) is 3.55. The molecule has 3 heterocycles. The molecule has 1 aromatic carbocycles. The van der Waals surface area contributed by atoms with Crippen LogP contribution in [0.25, 0.3) is 5.82 Å². The number of carbonyl (C=O) groups is 2. The molecule has 0 atom stereocenters. The Morgan fingerprint density at radius 2 is 1.97 bits per heavy atom. The van der Waals surface area contributed by atoms with E-state index < -0.39 is 11.8 Å². The van der Waals surface area contributed by atoms with E-state index in [0.29, 0.717) is 27.9 Å². The molecule has 13 heteroatoms. The molecule has 0 saturated carbocycles. The standard InChI is InChI=1S/C22H19ClN10O2/c1-12-7-14(10-24)8-16(21(34)25-3)19(12)22(35)27-18-9-15(11-32-29-13(2)28-31-32)30-33(18)20-17(23)5-4-6-26-20/h4-9H,11H2,1-3H3,(H,25,34)(H,27,35). The normalized spacial score (nSPS) is 10.6. The van der Waals surface area contributed by atoms with E-state index in [4.69, 9.17) is 11.6 Å². The zero-order valence-corrected chi connectivity index (χ0v) is 19.7. The van der Waals surface area contributed by atoms with Crippen molar-refractivity contribution in [2.75, 3.05) is 12.4 Å². The number of amides is 2. The fraction of sp³-hybridized carbons (Fsp3) is 0.182. The molecule has 4 aromatic rings. The molecule has 2 amide bonds. The Morgan fingerprint density at radius 3 is 2.63 bits per heavy atom. The number of benzene rings is 1. The average molecular weight is 491 g/mol. The van der Waals surface area contributed by atoms with Gasteiger partial charge in [-0.2, -0.15) is 19.8 Å². The maximum Gasteiger partial charge on any atom is 0.257 e. The number of pyridine rings is 1. The summed E-state index contributed by atoms with van der Waals surface area (Å²) in [5.41, 5.74) is 1.43. The van der Waals surface area contributed by atoms with Crippen LogP contribution in [0.1, 0.15) is 43.4 Å². The lowest BCUT2D eigenvalue weighted by Gasteiger charge is -2.14. The fourth-order valence-corrected chi connectivity index (χ4v) is 3.67. The van der Waals surface area contributed by atoms with Gasteiger partial charge in [-0.1, -0.05) is 11.6 Å². The largest absolute Gasteiger partial charge is 0.355 e. The van der Waals surface area contributed by atoms with Crippen molar-refractivity contribution in [2.45, 2.75) is 20.4 Å². The van der Waals surface area contributed by atoms with Crippen molar-refractivity contribution >= 4 is 29.2 Å². The van der Waals surface area contributed by atoms with E-state index in [1.54, 1.807) is 44.3 Å². The summed E-state index contributed by atoms with van der Waals surface area (Å²) in [6.07, 6.45) is 1.55. The Morgan fingerprint density at radius 1 is 1.17 bits per heavy atom. The van der Waals surface area contributed by atoms with E-state index >= 15 is 0 Å². The van der Waals surface area contributed by atoms with Gasteiger partial charge in [0.25, 0.3) is 11.8 Å². The van der Waals surface area contributed by atoms with Crippen LogP contribution in [0.4, 0.5) is 5.82 Å². The van der Waals surface area contributed by atoms with E-state index in [-0.39, 0.29) is 29.1 Å². The van der Waals surface area contributed by atoms with Gasteiger partial charge in [-0.15, -0.1) is 10.2 Å². The zero-order chi connectivity index (χ0) is 25.1.